The summed E-state index contributed by atoms with van der Waals surface area (Å²) in [5.74, 6) is -0.114. The first-order valence-corrected chi connectivity index (χ1v) is 5.67. The number of rotatable bonds is 4. The highest BCUT2D eigenvalue weighted by Crippen LogP contribution is 2.02. The minimum atomic E-state index is -0.114. The summed E-state index contributed by atoms with van der Waals surface area (Å²) in [5.41, 5.74) is 1.53. The van der Waals surface area contributed by atoms with Crippen LogP contribution in [0.15, 0.2) is 30.7 Å². The normalized spacial score (nSPS) is 10.3. The SMILES string of the molecule is CN(CCc1ccncc1)C(=O)c1cn(C)nn1. The number of hydrogen-bond acceptors (Lipinski definition) is 4. The van der Waals surface area contributed by atoms with Gasteiger partial charge in [0, 0.05) is 33.0 Å². The topological polar surface area (TPSA) is 63.9 Å². The lowest BCUT2D eigenvalue weighted by molar-refractivity contribution is 0.0790. The lowest BCUT2D eigenvalue weighted by Gasteiger charge is -2.15. The van der Waals surface area contributed by atoms with Gasteiger partial charge in [-0.3, -0.25) is 14.5 Å². The van der Waals surface area contributed by atoms with Crippen molar-refractivity contribution in [1.82, 2.24) is 24.9 Å². The number of carbonyl (C=O) groups is 1. The second-order valence-electron chi connectivity index (χ2n) is 4.11. The predicted molar refractivity (Wildman–Crippen MR) is 65.9 cm³/mol. The van der Waals surface area contributed by atoms with Gasteiger partial charge in [0.15, 0.2) is 5.69 Å². The van der Waals surface area contributed by atoms with Gasteiger partial charge < -0.3 is 4.90 Å². The number of aromatic nitrogens is 4. The summed E-state index contributed by atoms with van der Waals surface area (Å²) < 4.78 is 1.52. The van der Waals surface area contributed by atoms with E-state index < -0.39 is 0 Å². The molecule has 0 unspecified atom stereocenters. The first-order valence-electron chi connectivity index (χ1n) is 5.67. The van der Waals surface area contributed by atoms with Gasteiger partial charge in [-0.05, 0) is 24.1 Å². The Morgan fingerprint density at radius 1 is 1.39 bits per heavy atom. The molecule has 0 aliphatic rings. The Bertz CT molecular complexity index is 522. The Morgan fingerprint density at radius 2 is 2.11 bits per heavy atom. The van der Waals surface area contributed by atoms with Crippen LogP contribution in [0.5, 0.6) is 0 Å². The molecule has 18 heavy (non-hydrogen) atoms. The Kier molecular flexibility index (Phi) is 3.66. The summed E-state index contributed by atoms with van der Waals surface area (Å²) in [6, 6.07) is 3.89. The average molecular weight is 245 g/mol. The zero-order valence-corrected chi connectivity index (χ0v) is 10.4. The van der Waals surface area contributed by atoms with Crippen LogP contribution in [0.3, 0.4) is 0 Å². The number of carbonyl (C=O) groups excluding carboxylic acids is 1. The van der Waals surface area contributed by atoms with Gasteiger partial charge >= 0.3 is 0 Å². The minimum Gasteiger partial charge on any atom is -0.340 e. The molecule has 1 amide bonds. The maximum Gasteiger partial charge on any atom is 0.275 e. The van der Waals surface area contributed by atoms with Crippen molar-refractivity contribution in [3.8, 4) is 0 Å². The molecule has 6 heteroatoms. The van der Waals surface area contributed by atoms with Gasteiger partial charge in [0.1, 0.15) is 0 Å². The molecule has 2 aromatic rings. The molecule has 0 fully saturated rings. The van der Waals surface area contributed by atoms with Crippen molar-refractivity contribution >= 4 is 5.91 Å². The van der Waals surface area contributed by atoms with Gasteiger partial charge in [-0.2, -0.15) is 0 Å². The van der Waals surface area contributed by atoms with Crippen molar-refractivity contribution in [1.29, 1.82) is 0 Å². The van der Waals surface area contributed by atoms with Crippen molar-refractivity contribution in [3.63, 3.8) is 0 Å². The van der Waals surface area contributed by atoms with Gasteiger partial charge in [0.2, 0.25) is 0 Å². The Hall–Kier alpha value is -2.24. The Balaban J connectivity index is 1.92. The zero-order valence-electron chi connectivity index (χ0n) is 10.4. The van der Waals surface area contributed by atoms with Crippen molar-refractivity contribution in [2.24, 2.45) is 7.05 Å². The van der Waals surface area contributed by atoms with E-state index in [2.05, 4.69) is 15.3 Å². The molecule has 0 aliphatic carbocycles. The molecule has 0 bridgehead atoms. The molecular formula is C12H15N5O. The Labute approximate surface area is 105 Å². The van der Waals surface area contributed by atoms with Crippen molar-refractivity contribution < 1.29 is 4.79 Å². The molecule has 2 heterocycles. The standard InChI is InChI=1S/C12H15N5O/c1-16(8-5-10-3-6-13-7-4-10)12(18)11-9-17(2)15-14-11/h3-4,6-7,9H,5,8H2,1-2H3. The monoisotopic (exact) mass is 245 g/mol. The molecule has 0 aliphatic heterocycles. The first-order chi connectivity index (χ1) is 8.66. The van der Waals surface area contributed by atoms with E-state index in [1.54, 1.807) is 37.6 Å². The molecule has 0 N–H and O–H groups in total. The highest BCUT2D eigenvalue weighted by atomic mass is 16.2. The van der Waals surface area contributed by atoms with E-state index in [0.717, 1.165) is 12.0 Å². The summed E-state index contributed by atoms with van der Waals surface area (Å²) >= 11 is 0. The summed E-state index contributed by atoms with van der Waals surface area (Å²) in [7, 11) is 3.50. The lowest BCUT2D eigenvalue weighted by atomic mass is 10.2. The van der Waals surface area contributed by atoms with Crippen LogP contribution in [-0.4, -0.2) is 44.4 Å². The predicted octanol–water partition coefficient (Wildman–Crippen LogP) is 0.525. The number of aryl methyl sites for hydroxylation is 1. The number of amides is 1. The summed E-state index contributed by atoms with van der Waals surface area (Å²) in [6.45, 7) is 0.638. The van der Waals surface area contributed by atoms with E-state index in [1.807, 2.05) is 12.1 Å². The first kappa shape index (κ1) is 12.2. The van der Waals surface area contributed by atoms with Crippen LogP contribution in [0.1, 0.15) is 16.1 Å². The van der Waals surface area contributed by atoms with Gasteiger partial charge in [-0.25, -0.2) is 0 Å². The number of hydrogen-bond donors (Lipinski definition) is 0. The van der Waals surface area contributed by atoms with Crippen LogP contribution >= 0.6 is 0 Å². The van der Waals surface area contributed by atoms with E-state index in [4.69, 9.17) is 0 Å². The van der Waals surface area contributed by atoms with Gasteiger partial charge in [0.05, 0.1) is 6.20 Å². The highest BCUT2D eigenvalue weighted by molar-refractivity contribution is 5.91. The smallest absolute Gasteiger partial charge is 0.275 e. The van der Waals surface area contributed by atoms with Gasteiger partial charge in [0.25, 0.3) is 5.91 Å². The van der Waals surface area contributed by atoms with Gasteiger partial charge in [-0.15, -0.1) is 5.10 Å². The van der Waals surface area contributed by atoms with Crippen LogP contribution in [-0.2, 0) is 13.5 Å². The fourth-order valence-corrected chi connectivity index (χ4v) is 1.59. The molecule has 94 valence electrons. The van der Waals surface area contributed by atoms with Crippen molar-refractivity contribution in [3.05, 3.63) is 42.0 Å². The van der Waals surface area contributed by atoms with E-state index in [9.17, 15) is 4.79 Å². The van der Waals surface area contributed by atoms with E-state index >= 15 is 0 Å². The van der Waals surface area contributed by atoms with E-state index in [0.29, 0.717) is 12.2 Å². The third-order valence-electron chi connectivity index (χ3n) is 2.65. The molecule has 0 atom stereocenters. The second kappa shape index (κ2) is 5.39. The quantitative estimate of drug-likeness (QED) is 0.788. The third kappa shape index (κ3) is 2.91. The Morgan fingerprint density at radius 3 is 2.72 bits per heavy atom. The molecule has 0 spiro atoms. The fraction of sp³-hybridized carbons (Fsp3) is 0.333. The molecule has 2 aromatic heterocycles. The number of nitrogens with zero attached hydrogens (tertiary/aromatic N) is 5. The molecule has 0 saturated heterocycles. The maximum atomic E-state index is 12.0. The maximum absolute atomic E-state index is 12.0. The summed E-state index contributed by atoms with van der Waals surface area (Å²) in [6.07, 6.45) is 5.91. The van der Waals surface area contributed by atoms with E-state index in [-0.39, 0.29) is 5.91 Å². The van der Waals surface area contributed by atoms with Crippen LogP contribution in [0.4, 0.5) is 0 Å². The third-order valence-corrected chi connectivity index (χ3v) is 2.65. The van der Waals surface area contributed by atoms with Crippen LogP contribution in [0.2, 0.25) is 0 Å². The fourth-order valence-electron chi connectivity index (χ4n) is 1.59. The van der Waals surface area contributed by atoms with Crippen LogP contribution < -0.4 is 0 Å². The molecule has 0 saturated carbocycles. The van der Waals surface area contributed by atoms with Crippen molar-refractivity contribution in [2.45, 2.75) is 6.42 Å². The van der Waals surface area contributed by atoms with E-state index in [1.165, 1.54) is 4.68 Å². The number of pyridine rings is 1. The lowest BCUT2D eigenvalue weighted by Crippen LogP contribution is -2.29. The van der Waals surface area contributed by atoms with Gasteiger partial charge in [-0.1, -0.05) is 5.21 Å². The minimum absolute atomic E-state index is 0.114. The van der Waals surface area contributed by atoms with Crippen LogP contribution in [0.25, 0.3) is 0 Å². The highest BCUT2D eigenvalue weighted by Gasteiger charge is 2.14. The molecule has 0 radical (unpaired) electrons. The van der Waals surface area contributed by atoms with Crippen LogP contribution in [0, 0.1) is 0 Å². The zero-order chi connectivity index (χ0) is 13.0. The summed E-state index contributed by atoms with van der Waals surface area (Å²) in [4.78, 5) is 17.6. The second-order valence-corrected chi connectivity index (χ2v) is 4.11. The number of likely N-dealkylation sites (N-methyl/N-ethyl adjacent to an activating group) is 1. The largest absolute Gasteiger partial charge is 0.340 e. The molecular weight excluding hydrogens is 230 g/mol. The summed E-state index contributed by atoms with van der Waals surface area (Å²) in [5, 5.41) is 7.55. The molecule has 2 rings (SSSR count). The molecule has 0 aromatic carbocycles. The van der Waals surface area contributed by atoms with Crippen molar-refractivity contribution in [2.75, 3.05) is 13.6 Å². The average Bonchev–Trinajstić information content (AvgIpc) is 2.83. The molecule has 6 nitrogen and oxygen atoms in total.